The minimum Gasteiger partial charge on any atom is -0.393 e. The van der Waals surface area contributed by atoms with Crippen molar-refractivity contribution in [2.75, 3.05) is 0 Å². The van der Waals surface area contributed by atoms with Gasteiger partial charge in [-0.25, -0.2) is 0 Å². The zero-order valence-corrected chi connectivity index (χ0v) is 21.9. The van der Waals surface area contributed by atoms with Crippen LogP contribution in [0, 0.1) is 45.3 Å². The second-order valence-corrected chi connectivity index (χ2v) is 14.7. The van der Waals surface area contributed by atoms with Gasteiger partial charge in [0.15, 0.2) is 0 Å². The van der Waals surface area contributed by atoms with Crippen molar-refractivity contribution in [1.29, 1.82) is 0 Å². The number of hydrogen-bond acceptors (Lipinski definition) is 3. The zero-order valence-electron chi connectivity index (χ0n) is 21.9. The molecule has 0 amide bonds. The van der Waals surface area contributed by atoms with Crippen LogP contribution in [0.25, 0.3) is 0 Å². The summed E-state index contributed by atoms with van der Waals surface area (Å²) in [6.07, 6.45) is 11.4. The molecular formula is C29H50O3. The Kier molecular flexibility index (Phi) is 5.31. The van der Waals surface area contributed by atoms with E-state index in [-0.39, 0.29) is 39.5 Å². The van der Waals surface area contributed by atoms with Gasteiger partial charge in [0.25, 0.3) is 0 Å². The highest BCUT2D eigenvalue weighted by Gasteiger charge is 2.70. The molecular weight excluding hydrogens is 396 g/mol. The second kappa shape index (κ2) is 7.20. The average Bonchev–Trinajstić information content (AvgIpc) is 3.06. The largest absolute Gasteiger partial charge is 0.393 e. The van der Waals surface area contributed by atoms with E-state index < -0.39 is 0 Å². The summed E-state index contributed by atoms with van der Waals surface area (Å²) in [5.41, 5.74) is 0.607. The lowest BCUT2D eigenvalue weighted by Gasteiger charge is -2.70. The van der Waals surface area contributed by atoms with Crippen LogP contribution in [0.5, 0.6) is 0 Å². The van der Waals surface area contributed by atoms with Crippen molar-refractivity contribution in [3.8, 4) is 0 Å². The topological polar surface area (TPSA) is 49.7 Å². The summed E-state index contributed by atoms with van der Waals surface area (Å²) >= 11 is 0. The Hall–Kier alpha value is -0.120. The standard InChI is InChI=1S/C29H50O3/c1-25(2)13-8-9-20(32-25)18-10-15-29(7)24(18)19(30)17-22-27(5)14-12-23(31)26(3,4)21(27)11-16-28(22,29)6/h18-24,30-31H,8-17H2,1-7H3/t18-,19-,20-,21+,22+,23+,24+,27+,28-,29-/m1/s1. The smallest absolute Gasteiger partial charge is 0.0630 e. The van der Waals surface area contributed by atoms with Crippen molar-refractivity contribution in [2.45, 2.75) is 137 Å². The number of rotatable bonds is 1. The molecule has 0 bridgehead atoms. The normalized spacial score (nSPS) is 56.7. The monoisotopic (exact) mass is 446 g/mol. The van der Waals surface area contributed by atoms with Gasteiger partial charge in [0, 0.05) is 0 Å². The first-order valence-electron chi connectivity index (χ1n) is 13.8. The molecule has 2 N–H and O–H groups in total. The van der Waals surface area contributed by atoms with E-state index >= 15 is 0 Å². The Labute approximate surface area is 197 Å². The van der Waals surface area contributed by atoms with Crippen LogP contribution in [0.1, 0.15) is 113 Å². The fraction of sp³-hybridized carbons (Fsp3) is 1.00. The van der Waals surface area contributed by atoms with E-state index in [1.54, 1.807) is 0 Å². The van der Waals surface area contributed by atoms with Crippen molar-refractivity contribution in [3.63, 3.8) is 0 Å². The van der Waals surface area contributed by atoms with Crippen LogP contribution in [0.3, 0.4) is 0 Å². The van der Waals surface area contributed by atoms with E-state index in [4.69, 9.17) is 4.74 Å². The molecule has 184 valence electrons. The Balaban J connectivity index is 1.49. The predicted molar refractivity (Wildman–Crippen MR) is 129 cm³/mol. The maximum atomic E-state index is 11.8. The van der Waals surface area contributed by atoms with Gasteiger partial charge < -0.3 is 14.9 Å². The maximum Gasteiger partial charge on any atom is 0.0630 e. The molecule has 0 aromatic carbocycles. The molecule has 0 unspecified atom stereocenters. The Bertz CT molecular complexity index is 745. The quantitative estimate of drug-likeness (QED) is 0.493. The van der Waals surface area contributed by atoms with E-state index in [9.17, 15) is 10.2 Å². The van der Waals surface area contributed by atoms with Gasteiger partial charge in [-0.15, -0.1) is 0 Å². The lowest BCUT2D eigenvalue weighted by Crippen LogP contribution is -2.66. The predicted octanol–water partition coefficient (Wildman–Crippen LogP) is 6.35. The molecule has 4 aliphatic carbocycles. The van der Waals surface area contributed by atoms with Gasteiger partial charge in [0.05, 0.1) is 23.9 Å². The zero-order chi connectivity index (χ0) is 23.3. The molecule has 3 heteroatoms. The Morgan fingerprint density at radius 2 is 1.41 bits per heavy atom. The van der Waals surface area contributed by atoms with Gasteiger partial charge in [0.1, 0.15) is 0 Å². The van der Waals surface area contributed by atoms with Crippen molar-refractivity contribution >= 4 is 0 Å². The molecule has 5 rings (SSSR count). The molecule has 0 spiro atoms. The SMILES string of the molecule is CC1(C)CCC[C@H]([C@H]2CC[C@]3(C)[C@@H]2[C@H](O)C[C@H]2[C@@]4(C)CC[C@H](O)C(C)(C)[C@@H]4CC[C@]23C)O1. The summed E-state index contributed by atoms with van der Waals surface area (Å²) in [7, 11) is 0. The van der Waals surface area contributed by atoms with Gasteiger partial charge in [-0.1, -0.05) is 34.6 Å². The van der Waals surface area contributed by atoms with Crippen LogP contribution in [-0.2, 0) is 4.74 Å². The number of aliphatic hydroxyl groups is 2. The second-order valence-electron chi connectivity index (χ2n) is 14.7. The summed E-state index contributed by atoms with van der Waals surface area (Å²) < 4.78 is 6.67. The van der Waals surface area contributed by atoms with Crippen LogP contribution >= 0.6 is 0 Å². The third-order valence-electron chi connectivity index (χ3n) is 12.6. The number of aliphatic hydroxyl groups excluding tert-OH is 2. The van der Waals surface area contributed by atoms with Crippen LogP contribution in [0.15, 0.2) is 0 Å². The molecule has 1 heterocycles. The highest BCUT2D eigenvalue weighted by Crippen LogP contribution is 2.75. The molecule has 32 heavy (non-hydrogen) atoms. The molecule has 1 saturated heterocycles. The summed E-state index contributed by atoms with van der Waals surface area (Å²) in [5.74, 6) is 1.95. The summed E-state index contributed by atoms with van der Waals surface area (Å²) in [4.78, 5) is 0. The van der Waals surface area contributed by atoms with Gasteiger partial charge in [-0.2, -0.15) is 0 Å². The fourth-order valence-electron chi connectivity index (χ4n) is 10.8. The molecule has 5 fully saturated rings. The molecule has 0 radical (unpaired) electrons. The lowest BCUT2D eigenvalue weighted by atomic mass is 9.35. The fourth-order valence-corrected chi connectivity index (χ4v) is 10.8. The number of fused-ring (bicyclic) bond motifs is 5. The van der Waals surface area contributed by atoms with Gasteiger partial charge in [0.2, 0.25) is 0 Å². The maximum absolute atomic E-state index is 11.8. The first-order chi connectivity index (χ1) is 14.8. The summed E-state index contributed by atoms with van der Waals surface area (Å²) in [6.45, 7) is 16.8. The number of hydrogen-bond donors (Lipinski definition) is 2. The van der Waals surface area contributed by atoms with E-state index in [0.717, 1.165) is 25.7 Å². The molecule has 3 nitrogen and oxygen atoms in total. The highest BCUT2D eigenvalue weighted by atomic mass is 16.5. The van der Waals surface area contributed by atoms with Crippen molar-refractivity contribution < 1.29 is 14.9 Å². The highest BCUT2D eigenvalue weighted by molar-refractivity contribution is 5.19. The van der Waals surface area contributed by atoms with Gasteiger partial charge >= 0.3 is 0 Å². The van der Waals surface area contributed by atoms with Crippen LogP contribution in [-0.4, -0.2) is 34.1 Å². The average molecular weight is 447 g/mol. The third-order valence-corrected chi connectivity index (χ3v) is 12.6. The summed E-state index contributed by atoms with van der Waals surface area (Å²) in [5, 5.41) is 22.7. The lowest BCUT2D eigenvalue weighted by molar-refractivity contribution is -0.247. The van der Waals surface area contributed by atoms with E-state index in [1.165, 1.54) is 38.5 Å². The minimum absolute atomic E-state index is 0.0198. The van der Waals surface area contributed by atoms with E-state index in [2.05, 4.69) is 48.5 Å². The molecule has 1 aliphatic heterocycles. The number of ether oxygens (including phenoxy) is 1. The third kappa shape index (κ3) is 3.02. The molecule has 4 saturated carbocycles. The summed E-state index contributed by atoms with van der Waals surface area (Å²) in [6, 6.07) is 0. The van der Waals surface area contributed by atoms with Crippen LogP contribution < -0.4 is 0 Å². The minimum atomic E-state index is -0.218. The van der Waals surface area contributed by atoms with Crippen molar-refractivity contribution in [1.82, 2.24) is 0 Å². The van der Waals surface area contributed by atoms with Crippen molar-refractivity contribution in [3.05, 3.63) is 0 Å². The van der Waals surface area contributed by atoms with E-state index in [1.807, 2.05) is 0 Å². The van der Waals surface area contributed by atoms with E-state index in [0.29, 0.717) is 29.8 Å². The molecule has 0 aromatic rings. The van der Waals surface area contributed by atoms with Gasteiger partial charge in [-0.05, 0) is 123 Å². The Morgan fingerprint density at radius 3 is 2.09 bits per heavy atom. The van der Waals surface area contributed by atoms with Crippen LogP contribution in [0.2, 0.25) is 0 Å². The molecule has 0 aromatic heterocycles. The van der Waals surface area contributed by atoms with Crippen LogP contribution in [0.4, 0.5) is 0 Å². The first kappa shape index (κ1) is 23.6. The van der Waals surface area contributed by atoms with Gasteiger partial charge in [-0.3, -0.25) is 0 Å². The first-order valence-corrected chi connectivity index (χ1v) is 13.8. The molecule has 5 aliphatic rings. The molecule has 10 atom stereocenters. The Morgan fingerprint density at radius 1 is 0.719 bits per heavy atom. The van der Waals surface area contributed by atoms with Crippen molar-refractivity contribution in [2.24, 2.45) is 45.3 Å².